The van der Waals surface area contributed by atoms with Crippen LogP contribution in [-0.2, 0) is 4.79 Å². The van der Waals surface area contributed by atoms with Gasteiger partial charge in [0.2, 0.25) is 5.91 Å². The molecule has 0 saturated carbocycles. The maximum atomic E-state index is 12.5. The van der Waals surface area contributed by atoms with Crippen molar-refractivity contribution >= 4 is 23.0 Å². The Bertz CT molecular complexity index is 934. The van der Waals surface area contributed by atoms with E-state index in [4.69, 9.17) is 0 Å². The quantitative estimate of drug-likeness (QED) is 0.667. The number of hydrogen-bond donors (Lipinski definition) is 0. The van der Waals surface area contributed by atoms with Gasteiger partial charge in [-0.25, -0.2) is 4.98 Å². The van der Waals surface area contributed by atoms with Gasteiger partial charge in [0.05, 0.1) is 11.0 Å². The number of aryl methyl sites for hydroxylation is 1. The van der Waals surface area contributed by atoms with Gasteiger partial charge in [-0.15, -0.1) is 0 Å². The Morgan fingerprint density at radius 3 is 2.50 bits per heavy atom. The van der Waals surface area contributed by atoms with E-state index < -0.39 is 0 Å². The number of rotatable bonds is 3. The Morgan fingerprint density at radius 1 is 1.04 bits per heavy atom. The molecule has 0 spiro atoms. The maximum absolute atomic E-state index is 12.5. The Labute approximate surface area is 153 Å². The number of hydrogen-bond acceptors (Lipinski definition) is 2. The van der Waals surface area contributed by atoms with Crippen LogP contribution >= 0.6 is 0 Å². The summed E-state index contributed by atoms with van der Waals surface area (Å²) < 4.78 is 2.34. The second kappa shape index (κ2) is 7.16. The van der Waals surface area contributed by atoms with Gasteiger partial charge in [0.1, 0.15) is 5.82 Å². The largest absolute Gasteiger partial charge is 0.339 e. The normalized spacial score (nSPS) is 15.8. The summed E-state index contributed by atoms with van der Waals surface area (Å²) in [6, 6.07) is 18.6. The molecule has 0 atom stereocenters. The first kappa shape index (κ1) is 16.6. The van der Waals surface area contributed by atoms with Gasteiger partial charge in [-0.3, -0.25) is 4.79 Å². The molecule has 4 rings (SSSR count). The Kier molecular flexibility index (Phi) is 4.57. The zero-order chi connectivity index (χ0) is 17.9. The number of aromatic nitrogens is 2. The number of benzene rings is 2. The third-order valence-corrected chi connectivity index (χ3v) is 5.13. The van der Waals surface area contributed by atoms with Gasteiger partial charge >= 0.3 is 0 Å². The van der Waals surface area contributed by atoms with Crippen molar-refractivity contribution < 1.29 is 4.79 Å². The average Bonchev–Trinajstić information content (AvgIpc) is 3.03. The Morgan fingerprint density at radius 2 is 1.73 bits per heavy atom. The second-order valence-corrected chi connectivity index (χ2v) is 6.82. The van der Waals surface area contributed by atoms with Crippen molar-refractivity contribution in [3.05, 3.63) is 72.1 Å². The van der Waals surface area contributed by atoms with E-state index in [1.807, 2.05) is 47.4 Å². The minimum Gasteiger partial charge on any atom is -0.339 e. The van der Waals surface area contributed by atoms with E-state index in [0.29, 0.717) is 6.04 Å². The number of nitrogens with zero attached hydrogens (tertiary/aromatic N) is 3. The number of amides is 1. The lowest BCUT2D eigenvalue weighted by Crippen LogP contribution is -2.38. The summed E-state index contributed by atoms with van der Waals surface area (Å²) in [6.45, 7) is 3.64. The molecule has 2 heterocycles. The third-order valence-electron chi connectivity index (χ3n) is 5.13. The monoisotopic (exact) mass is 345 g/mol. The smallest absolute Gasteiger partial charge is 0.246 e. The maximum Gasteiger partial charge on any atom is 0.246 e. The fraction of sp³-hybridized carbons (Fsp3) is 0.273. The molecule has 4 nitrogen and oxygen atoms in total. The highest BCUT2D eigenvalue weighted by Crippen LogP contribution is 2.28. The Balaban J connectivity index is 1.43. The van der Waals surface area contributed by atoms with E-state index in [2.05, 4.69) is 34.7 Å². The summed E-state index contributed by atoms with van der Waals surface area (Å²) in [5, 5.41) is 0. The molecule has 0 radical (unpaired) electrons. The van der Waals surface area contributed by atoms with Crippen LogP contribution < -0.4 is 0 Å². The number of imidazole rings is 1. The first-order valence-corrected chi connectivity index (χ1v) is 9.18. The van der Waals surface area contributed by atoms with Crippen LogP contribution in [0.25, 0.3) is 17.1 Å². The lowest BCUT2D eigenvalue weighted by molar-refractivity contribution is -0.127. The molecular formula is C22H23N3O. The van der Waals surface area contributed by atoms with Crippen LogP contribution in [0.2, 0.25) is 0 Å². The zero-order valence-electron chi connectivity index (χ0n) is 15.0. The molecule has 26 heavy (non-hydrogen) atoms. The van der Waals surface area contributed by atoms with Gasteiger partial charge in [-0.05, 0) is 43.5 Å². The van der Waals surface area contributed by atoms with Crippen LogP contribution in [0.3, 0.4) is 0 Å². The first-order chi connectivity index (χ1) is 12.7. The van der Waals surface area contributed by atoms with Crippen LogP contribution in [0.15, 0.2) is 60.7 Å². The van der Waals surface area contributed by atoms with E-state index in [1.54, 1.807) is 6.08 Å². The molecular weight excluding hydrogens is 322 g/mol. The fourth-order valence-corrected chi connectivity index (χ4v) is 3.81. The number of carbonyl (C=O) groups is 1. The van der Waals surface area contributed by atoms with E-state index in [0.717, 1.165) is 42.8 Å². The Hall–Kier alpha value is -2.88. The van der Waals surface area contributed by atoms with E-state index in [1.165, 1.54) is 5.52 Å². The molecule has 0 unspecified atom stereocenters. The van der Waals surface area contributed by atoms with Gasteiger partial charge in [0.25, 0.3) is 0 Å². The predicted octanol–water partition coefficient (Wildman–Crippen LogP) is 4.22. The van der Waals surface area contributed by atoms with Crippen molar-refractivity contribution in [2.45, 2.75) is 25.8 Å². The van der Waals surface area contributed by atoms with Gasteiger partial charge < -0.3 is 9.47 Å². The SMILES string of the molecule is Cc1nc2ccccc2n1C1CCN(C(=O)C=Cc2ccccc2)CC1. The molecule has 4 heteroatoms. The summed E-state index contributed by atoms with van der Waals surface area (Å²) in [5.41, 5.74) is 3.30. The van der Waals surface area contributed by atoms with Crippen molar-refractivity contribution in [1.82, 2.24) is 14.5 Å². The van der Waals surface area contributed by atoms with E-state index in [9.17, 15) is 4.79 Å². The lowest BCUT2D eigenvalue weighted by Gasteiger charge is -2.33. The molecule has 1 amide bonds. The predicted molar refractivity (Wildman–Crippen MR) is 105 cm³/mol. The first-order valence-electron chi connectivity index (χ1n) is 9.18. The average molecular weight is 345 g/mol. The standard InChI is InChI=1S/C22H23N3O/c1-17-23-20-9-5-6-10-21(20)25(17)19-13-15-24(16-14-19)22(26)12-11-18-7-3-2-4-8-18/h2-12,19H,13-16H2,1H3. The van der Waals surface area contributed by atoms with Crippen LogP contribution in [0.4, 0.5) is 0 Å². The molecule has 1 aliphatic rings. The number of fused-ring (bicyclic) bond motifs is 1. The van der Waals surface area contributed by atoms with Crippen molar-refractivity contribution in [2.75, 3.05) is 13.1 Å². The summed E-state index contributed by atoms with van der Waals surface area (Å²) >= 11 is 0. The molecule has 132 valence electrons. The molecule has 0 N–H and O–H groups in total. The van der Waals surface area contributed by atoms with Crippen molar-refractivity contribution in [3.63, 3.8) is 0 Å². The van der Waals surface area contributed by atoms with Gasteiger partial charge in [0.15, 0.2) is 0 Å². The summed E-state index contributed by atoms with van der Waals surface area (Å²) in [5.74, 6) is 1.15. The topological polar surface area (TPSA) is 38.1 Å². The van der Waals surface area contributed by atoms with Crippen LogP contribution in [0, 0.1) is 6.92 Å². The highest BCUT2D eigenvalue weighted by Gasteiger charge is 2.24. The van der Waals surface area contributed by atoms with Crippen molar-refractivity contribution in [2.24, 2.45) is 0 Å². The molecule has 0 bridgehead atoms. The molecule has 1 aliphatic heterocycles. The number of carbonyl (C=O) groups excluding carboxylic acids is 1. The second-order valence-electron chi connectivity index (χ2n) is 6.82. The van der Waals surface area contributed by atoms with Crippen LogP contribution in [0.5, 0.6) is 0 Å². The minimum absolute atomic E-state index is 0.0968. The molecule has 2 aromatic carbocycles. The summed E-state index contributed by atoms with van der Waals surface area (Å²) in [4.78, 5) is 19.1. The van der Waals surface area contributed by atoms with Crippen molar-refractivity contribution in [1.29, 1.82) is 0 Å². The molecule has 3 aromatic rings. The number of likely N-dealkylation sites (tertiary alicyclic amines) is 1. The molecule has 1 fully saturated rings. The molecule has 1 saturated heterocycles. The molecule has 0 aliphatic carbocycles. The van der Waals surface area contributed by atoms with E-state index >= 15 is 0 Å². The van der Waals surface area contributed by atoms with Gasteiger partial charge in [-0.2, -0.15) is 0 Å². The minimum atomic E-state index is 0.0968. The lowest BCUT2D eigenvalue weighted by atomic mass is 10.0. The fourth-order valence-electron chi connectivity index (χ4n) is 3.81. The summed E-state index contributed by atoms with van der Waals surface area (Å²) in [7, 11) is 0. The summed E-state index contributed by atoms with van der Waals surface area (Å²) in [6.07, 6.45) is 5.51. The van der Waals surface area contributed by atoms with Gasteiger partial charge in [-0.1, -0.05) is 42.5 Å². The zero-order valence-corrected chi connectivity index (χ0v) is 15.0. The molecule has 1 aromatic heterocycles. The van der Waals surface area contributed by atoms with E-state index in [-0.39, 0.29) is 5.91 Å². The highest BCUT2D eigenvalue weighted by molar-refractivity contribution is 5.91. The van der Waals surface area contributed by atoms with Crippen LogP contribution in [-0.4, -0.2) is 33.4 Å². The van der Waals surface area contributed by atoms with Crippen LogP contribution in [0.1, 0.15) is 30.3 Å². The third kappa shape index (κ3) is 3.27. The van der Waals surface area contributed by atoms with Gasteiger partial charge in [0, 0.05) is 25.2 Å². The highest BCUT2D eigenvalue weighted by atomic mass is 16.2. The number of piperidine rings is 1. The number of para-hydroxylation sites is 2. The van der Waals surface area contributed by atoms with Crippen molar-refractivity contribution in [3.8, 4) is 0 Å².